The Hall–Kier alpha value is -1.79. The minimum absolute atomic E-state index is 0.302. The molecule has 1 atom stereocenters. The van der Waals surface area contributed by atoms with E-state index in [2.05, 4.69) is 26.8 Å². The van der Waals surface area contributed by atoms with Gasteiger partial charge >= 0.3 is 0 Å². The van der Waals surface area contributed by atoms with E-state index in [1.54, 1.807) is 0 Å². The van der Waals surface area contributed by atoms with Crippen LogP contribution in [0.3, 0.4) is 0 Å². The fraction of sp³-hybridized carbons (Fsp3) is 0.708. The zero-order chi connectivity index (χ0) is 20.3. The molecule has 164 valence electrons. The number of piperidine rings is 1. The summed E-state index contributed by atoms with van der Waals surface area (Å²) in [4.78, 5) is 20.4. The molecule has 0 radical (unpaired) electrons. The molecule has 2 saturated heterocycles. The lowest BCUT2D eigenvalue weighted by atomic mass is 9.87. The van der Waals surface area contributed by atoms with Crippen LogP contribution in [0.5, 0.6) is 11.5 Å². The zero-order valence-corrected chi connectivity index (χ0v) is 18.1. The van der Waals surface area contributed by atoms with Gasteiger partial charge in [0.1, 0.15) is 0 Å². The van der Waals surface area contributed by atoms with Crippen LogP contribution in [0.15, 0.2) is 18.2 Å². The van der Waals surface area contributed by atoms with Crippen molar-refractivity contribution in [3.63, 3.8) is 0 Å². The third-order valence-corrected chi connectivity index (χ3v) is 7.43. The normalized spacial score (nSPS) is 26.1. The highest BCUT2D eigenvalue weighted by Crippen LogP contribution is 2.33. The molecular formula is C24H35N3O3. The van der Waals surface area contributed by atoms with E-state index in [1.807, 2.05) is 6.07 Å². The van der Waals surface area contributed by atoms with Gasteiger partial charge < -0.3 is 14.4 Å². The number of rotatable bonds is 4. The van der Waals surface area contributed by atoms with Crippen LogP contribution in [0.4, 0.5) is 0 Å². The number of hydrogen-bond acceptors (Lipinski definition) is 5. The quantitative estimate of drug-likeness (QED) is 0.759. The predicted molar refractivity (Wildman–Crippen MR) is 116 cm³/mol. The number of hydrogen-bond donors (Lipinski definition) is 0. The van der Waals surface area contributed by atoms with Gasteiger partial charge in [-0.2, -0.15) is 0 Å². The van der Waals surface area contributed by atoms with Crippen LogP contribution < -0.4 is 9.47 Å². The average Bonchev–Trinajstić information content (AvgIpc) is 3.28. The largest absolute Gasteiger partial charge is 0.454 e. The number of carbonyl (C=O) groups is 1. The van der Waals surface area contributed by atoms with Gasteiger partial charge in [0.25, 0.3) is 0 Å². The summed E-state index contributed by atoms with van der Waals surface area (Å²) in [5.74, 6) is 2.47. The third-order valence-electron chi connectivity index (χ3n) is 7.43. The standard InChI is InChI=1S/C24H35N3O3/c28-24(20-5-2-1-3-6-20)27-10-4-7-21(17-27)26-13-11-25(12-14-26)16-19-8-9-22-23(15-19)30-18-29-22/h8-9,15,20-21H,1-7,10-14,16-18H2. The van der Waals surface area contributed by atoms with Crippen LogP contribution in [0.2, 0.25) is 0 Å². The summed E-state index contributed by atoms with van der Waals surface area (Å²) in [6.07, 6.45) is 8.38. The topological polar surface area (TPSA) is 45.3 Å². The molecule has 3 aliphatic heterocycles. The highest BCUT2D eigenvalue weighted by Gasteiger charge is 2.33. The van der Waals surface area contributed by atoms with Gasteiger partial charge in [0.2, 0.25) is 12.7 Å². The van der Waals surface area contributed by atoms with Gasteiger partial charge in [-0.05, 0) is 43.4 Å². The molecule has 0 bridgehead atoms. The summed E-state index contributed by atoms with van der Waals surface area (Å²) < 4.78 is 10.9. The van der Waals surface area contributed by atoms with E-state index >= 15 is 0 Å². The first-order valence-corrected chi connectivity index (χ1v) is 11.9. The van der Waals surface area contributed by atoms with E-state index in [-0.39, 0.29) is 0 Å². The highest BCUT2D eigenvalue weighted by atomic mass is 16.7. The van der Waals surface area contributed by atoms with Crippen molar-refractivity contribution in [1.29, 1.82) is 0 Å². The van der Waals surface area contributed by atoms with Crippen molar-refractivity contribution in [1.82, 2.24) is 14.7 Å². The van der Waals surface area contributed by atoms with E-state index in [4.69, 9.17) is 9.47 Å². The average molecular weight is 414 g/mol. The molecule has 1 unspecified atom stereocenters. The SMILES string of the molecule is O=C(C1CCCCC1)N1CCCC(N2CCN(Cc3ccc4c(c3)OCO4)CC2)C1. The second-order valence-corrected chi connectivity index (χ2v) is 9.41. The Morgan fingerprint density at radius 2 is 1.70 bits per heavy atom. The Morgan fingerprint density at radius 1 is 0.900 bits per heavy atom. The smallest absolute Gasteiger partial charge is 0.231 e. The molecule has 3 fully saturated rings. The van der Waals surface area contributed by atoms with Gasteiger partial charge in [0, 0.05) is 57.8 Å². The van der Waals surface area contributed by atoms with Crippen LogP contribution in [0, 0.1) is 5.92 Å². The number of amides is 1. The Labute approximate surface area is 180 Å². The van der Waals surface area contributed by atoms with E-state index in [9.17, 15) is 4.79 Å². The summed E-state index contributed by atoms with van der Waals surface area (Å²) in [6.45, 7) is 7.57. The van der Waals surface area contributed by atoms with Crippen molar-refractivity contribution in [3.05, 3.63) is 23.8 Å². The summed E-state index contributed by atoms with van der Waals surface area (Å²) in [5, 5.41) is 0. The van der Waals surface area contributed by atoms with Gasteiger partial charge in [-0.3, -0.25) is 14.6 Å². The minimum atomic E-state index is 0.302. The molecular weight excluding hydrogens is 378 g/mol. The van der Waals surface area contributed by atoms with Crippen LogP contribution in [-0.4, -0.2) is 72.7 Å². The first-order chi connectivity index (χ1) is 14.8. The number of nitrogens with zero attached hydrogens (tertiary/aromatic N) is 3. The maximum Gasteiger partial charge on any atom is 0.231 e. The van der Waals surface area contributed by atoms with Crippen LogP contribution >= 0.6 is 0 Å². The Bertz CT molecular complexity index is 741. The van der Waals surface area contributed by atoms with E-state index in [0.717, 1.165) is 76.6 Å². The van der Waals surface area contributed by atoms with Crippen molar-refractivity contribution in [3.8, 4) is 11.5 Å². The Balaban J connectivity index is 1.11. The minimum Gasteiger partial charge on any atom is -0.454 e. The number of piperazine rings is 1. The summed E-state index contributed by atoms with van der Waals surface area (Å²) in [6, 6.07) is 6.83. The molecule has 30 heavy (non-hydrogen) atoms. The van der Waals surface area contributed by atoms with Crippen molar-refractivity contribution < 1.29 is 14.3 Å². The molecule has 1 aromatic rings. The molecule has 1 aromatic carbocycles. The van der Waals surface area contributed by atoms with E-state index < -0.39 is 0 Å². The first kappa shape index (κ1) is 20.1. The Kier molecular flexibility index (Phi) is 6.14. The predicted octanol–water partition coefficient (Wildman–Crippen LogP) is 3.10. The first-order valence-electron chi connectivity index (χ1n) is 11.9. The highest BCUT2D eigenvalue weighted by molar-refractivity contribution is 5.79. The van der Waals surface area contributed by atoms with Crippen LogP contribution in [0.25, 0.3) is 0 Å². The number of likely N-dealkylation sites (tertiary alicyclic amines) is 1. The molecule has 6 nitrogen and oxygen atoms in total. The lowest BCUT2D eigenvalue weighted by molar-refractivity contribution is -0.139. The second kappa shape index (κ2) is 9.15. The molecule has 0 aromatic heterocycles. The molecule has 0 spiro atoms. The maximum absolute atomic E-state index is 13.0. The van der Waals surface area contributed by atoms with Crippen molar-refractivity contribution in [2.75, 3.05) is 46.1 Å². The van der Waals surface area contributed by atoms with Gasteiger partial charge in [-0.1, -0.05) is 25.3 Å². The van der Waals surface area contributed by atoms with Crippen LogP contribution in [0.1, 0.15) is 50.5 Å². The molecule has 1 amide bonds. The number of fused-ring (bicyclic) bond motifs is 1. The molecule has 6 heteroatoms. The zero-order valence-electron chi connectivity index (χ0n) is 18.1. The second-order valence-electron chi connectivity index (χ2n) is 9.41. The van der Waals surface area contributed by atoms with Gasteiger partial charge in [0.15, 0.2) is 11.5 Å². The summed E-state index contributed by atoms with van der Waals surface area (Å²) in [5.41, 5.74) is 1.29. The molecule has 1 aliphatic carbocycles. The summed E-state index contributed by atoms with van der Waals surface area (Å²) >= 11 is 0. The molecule has 1 saturated carbocycles. The monoisotopic (exact) mass is 413 g/mol. The van der Waals surface area contributed by atoms with E-state index in [1.165, 1.54) is 31.2 Å². The van der Waals surface area contributed by atoms with Gasteiger partial charge in [-0.15, -0.1) is 0 Å². The number of carbonyl (C=O) groups excluding carboxylic acids is 1. The molecule has 3 heterocycles. The fourth-order valence-electron chi connectivity index (χ4n) is 5.64. The third kappa shape index (κ3) is 4.45. The van der Waals surface area contributed by atoms with Crippen molar-refractivity contribution in [2.24, 2.45) is 5.92 Å². The van der Waals surface area contributed by atoms with Gasteiger partial charge in [0.05, 0.1) is 0 Å². The number of benzene rings is 1. The van der Waals surface area contributed by atoms with Gasteiger partial charge in [-0.25, -0.2) is 0 Å². The lowest BCUT2D eigenvalue weighted by Gasteiger charge is -2.44. The van der Waals surface area contributed by atoms with Crippen LogP contribution in [-0.2, 0) is 11.3 Å². The Morgan fingerprint density at radius 3 is 2.53 bits per heavy atom. The maximum atomic E-state index is 13.0. The molecule has 4 aliphatic rings. The molecule has 5 rings (SSSR count). The summed E-state index contributed by atoms with van der Waals surface area (Å²) in [7, 11) is 0. The molecule has 0 N–H and O–H groups in total. The van der Waals surface area contributed by atoms with Crippen molar-refractivity contribution in [2.45, 2.75) is 57.5 Å². The van der Waals surface area contributed by atoms with E-state index in [0.29, 0.717) is 24.7 Å². The van der Waals surface area contributed by atoms with Crippen molar-refractivity contribution >= 4 is 5.91 Å². The number of ether oxygens (including phenoxy) is 2. The lowest BCUT2D eigenvalue weighted by Crippen LogP contribution is -2.56. The fourth-order valence-corrected chi connectivity index (χ4v) is 5.64.